The summed E-state index contributed by atoms with van der Waals surface area (Å²) in [6.45, 7) is 4.71. The highest BCUT2D eigenvalue weighted by atomic mass is 16.5. The number of anilines is 1. The zero-order chi connectivity index (χ0) is 26.0. The molecule has 0 aromatic heterocycles. The molecule has 4 rings (SSSR count). The summed E-state index contributed by atoms with van der Waals surface area (Å²) in [5.74, 6) is 0.712. The highest BCUT2D eigenvalue weighted by molar-refractivity contribution is 6.04. The smallest absolute Gasteiger partial charge is 0.338 e. The fourth-order valence-corrected chi connectivity index (χ4v) is 3.77. The van der Waals surface area contributed by atoms with Crippen LogP contribution >= 0.6 is 0 Å². The molecule has 0 aliphatic heterocycles. The zero-order valence-corrected chi connectivity index (χ0v) is 20.9. The number of benzene rings is 4. The van der Waals surface area contributed by atoms with Gasteiger partial charge in [0.05, 0.1) is 18.8 Å². The van der Waals surface area contributed by atoms with E-state index >= 15 is 0 Å². The maximum atomic E-state index is 12.9. The van der Waals surface area contributed by atoms with Gasteiger partial charge in [0.15, 0.2) is 0 Å². The highest BCUT2D eigenvalue weighted by Crippen LogP contribution is 2.26. The molecule has 0 saturated heterocycles. The molecule has 0 aliphatic rings. The third-order valence-corrected chi connectivity index (χ3v) is 5.63. The standard InChI is InChI=1S/C31H29NO5/c1-3-35-29-19-14-25(30(33)32-27-15-10-24(11-16-27)31(34)36-4-2)20-26(29)21-37-28-17-12-23(13-18-28)22-8-6-5-7-9-22/h5-20H,3-4,21H2,1-2H3,(H,32,33). The molecule has 6 heteroatoms. The highest BCUT2D eigenvalue weighted by Gasteiger charge is 2.13. The van der Waals surface area contributed by atoms with Crippen LogP contribution in [0, 0.1) is 0 Å². The number of amides is 1. The van der Waals surface area contributed by atoms with Crippen molar-refractivity contribution in [1.82, 2.24) is 0 Å². The normalized spacial score (nSPS) is 10.4. The molecule has 4 aromatic rings. The Kier molecular flexibility index (Phi) is 8.55. The Morgan fingerprint density at radius 2 is 1.38 bits per heavy atom. The molecule has 0 radical (unpaired) electrons. The number of rotatable bonds is 10. The third-order valence-electron chi connectivity index (χ3n) is 5.63. The minimum atomic E-state index is -0.397. The second-order valence-electron chi connectivity index (χ2n) is 8.19. The van der Waals surface area contributed by atoms with Crippen LogP contribution in [0.3, 0.4) is 0 Å². The van der Waals surface area contributed by atoms with E-state index in [0.29, 0.717) is 35.8 Å². The average molecular weight is 496 g/mol. The van der Waals surface area contributed by atoms with Gasteiger partial charge in [-0.2, -0.15) is 0 Å². The van der Waals surface area contributed by atoms with Crippen LogP contribution in [0.5, 0.6) is 11.5 Å². The van der Waals surface area contributed by atoms with Crippen molar-refractivity contribution in [2.75, 3.05) is 18.5 Å². The molecule has 37 heavy (non-hydrogen) atoms. The van der Waals surface area contributed by atoms with Gasteiger partial charge in [0, 0.05) is 16.8 Å². The molecule has 0 unspecified atom stereocenters. The van der Waals surface area contributed by atoms with Crippen LogP contribution in [0.4, 0.5) is 5.69 Å². The first-order valence-electron chi connectivity index (χ1n) is 12.2. The summed E-state index contributed by atoms with van der Waals surface area (Å²) in [6, 6.07) is 29.9. The van der Waals surface area contributed by atoms with Crippen LogP contribution < -0.4 is 14.8 Å². The molecule has 0 aliphatic carbocycles. The summed E-state index contributed by atoms with van der Waals surface area (Å²) in [7, 11) is 0. The Balaban J connectivity index is 1.44. The second-order valence-corrected chi connectivity index (χ2v) is 8.19. The zero-order valence-electron chi connectivity index (χ0n) is 20.9. The summed E-state index contributed by atoms with van der Waals surface area (Å²) < 4.78 is 16.8. The van der Waals surface area contributed by atoms with Crippen LogP contribution in [0.15, 0.2) is 97.1 Å². The molecule has 0 fully saturated rings. The van der Waals surface area contributed by atoms with Crippen molar-refractivity contribution >= 4 is 17.6 Å². The summed E-state index contributed by atoms with van der Waals surface area (Å²) >= 11 is 0. The fraction of sp³-hybridized carbons (Fsp3) is 0.161. The first-order valence-corrected chi connectivity index (χ1v) is 12.2. The van der Waals surface area contributed by atoms with Crippen LogP contribution in [0.2, 0.25) is 0 Å². The molecule has 0 heterocycles. The average Bonchev–Trinajstić information content (AvgIpc) is 2.94. The van der Waals surface area contributed by atoms with Crippen LogP contribution in [-0.4, -0.2) is 25.1 Å². The molecule has 0 atom stereocenters. The topological polar surface area (TPSA) is 73.9 Å². The van der Waals surface area contributed by atoms with Crippen molar-refractivity contribution in [1.29, 1.82) is 0 Å². The van der Waals surface area contributed by atoms with Gasteiger partial charge in [-0.05, 0) is 79.6 Å². The van der Waals surface area contributed by atoms with E-state index in [9.17, 15) is 9.59 Å². The van der Waals surface area contributed by atoms with Gasteiger partial charge in [-0.1, -0.05) is 42.5 Å². The van der Waals surface area contributed by atoms with Crippen LogP contribution in [0.25, 0.3) is 11.1 Å². The first kappa shape index (κ1) is 25.5. The second kappa shape index (κ2) is 12.4. The largest absolute Gasteiger partial charge is 0.493 e. The molecule has 1 amide bonds. The van der Waals surface area contributed by atoms with Gasteiger partial charge in [-0.25, -0.2) is 4.79 Å². The van der Waals surface area contributed by atoms with Gasteiger partial charge in [-0.15, -0.1) is 0 Å². The predicted molar refractivity (Wildman–Crippen MR) is 144 cm³/mol. The van der Waals surface area contributed by atoms with Crippen molar-refractivity contribution in [3.05, 3.63) is 114 Å². The summed E-state index contributed by atoms with van der Waals surface area (Å²) in [4.78, 5) is 24.8. The van der Waals surface area contributed by atoms with Crippen molar-refractivity contribution in [2.45, 2.75) is 20.5 Å². The predicted octanol–water partition coefficient (Wildman–Crippen LogP) is 6.76. The lowest BCUT2D eigenvalue weighted by molar-refractivity contribution is 0.0526. The first-order chi connectivity index (χ1) is 18.1. The van der Waals surface area contributed by atoms with E-state index in [1.165, 1.54) is 0 Å². The van der Waals surface area contributed by atoms with Gasteiger partial charge < -0.3 is 19.5 Å². The van der Waals surface area contributed by atoms with E-state index in [-0.39, 0.29) is 12.5 Å². The molecular weight excluding hydrogens is 466 g/mol. The molecule has 4 aromatic carbocycles. The quantitative estimate of drug-likeness (QED) is 0.246. The van der Waals surface area contributed by atoms with Crippen LogP contribution in [0.1, 0.15) is 40.1 Å². The molecule has 6 nitrogen and oxygen atoms in total. The van der Waals surface area contributed by atoms with Crippen molar-refractivity contribution < 1.29 is 23.8 Å². The Morgan fingerprint density at radius 3 is 2.05 bits per heavy atom. The number of ether oxygens (including phenoxy) is 3. The number of carbonyl (C=O) groups is 2. The van der Waals surface area contributed by atoms with Gasteiger partial charge in [0.2, 0.25) is 0 Å². The Hall–Kier alpha value is -4.58. The van der Waals surface area contributed by atoms with Gasteiger partial charge >= 0.3 is 5.97 Å². The number of nitrogens with one attached hydrogen (secondary N) is 1. The lowest BCUT2D eigenvalue weighted by atomic mass is 10.1. The minimum Gasteiger partial charge on any atom is -0.493 e. The van der Waals surface area contributed by atoms with E-state index in [4.69, 9.17) is 14.2 Å². The molecule has 188 valence electrons. The van der Waals surface area contributed by atoms with Crippen molar-refractivity contribution in [3.8, 4) is 22.6 Å². The van der Waals surface area contributed by atoms with Gasteiger partial charge in [0.25, 0.3) is 5.91 Å². The van der Waals surface area contributed by atoms with Gasteiger partial charge in [0.1, 0.15) is 18.1 Å². The maximum absolute atomic E-state index is 12.9. The summed E-state index contributed by atoms with van der Waals surface area (Å²) in [6.07, 6.45) is 0. The monoisotopic (exact) mass is 495 g/mol. The van der Waals surface area contributed by atoms with Gasteiger partial charge in [-0.3, -0.25) is 4.79 Å². The summed E-state index contributed by atoms with van der Waals surface area (Å²) in [5, 5.41) is 2.86. The fourth-order valence-electron chi connectivity index (χ4n) is 3.77. The Labute approximate surface area is 216 Å². The third kappa shape index (κ3) is 6.76. The number of hydrogen-bond donors (Lipinski definition) is 1. The molecule has 0 bridgehead atoms. The van der Waals surface area contributed by atoms with E-state index in [1.807, 2.05) is 49.4 Å². The number of esters is 1. The molecular formula is C31H29NO5. The van der Waals surface area contributed by atoms with E-state index in [0.717, 1.165) is 22.4 Å². The van der Waals surface area contributed by atoms with E-state index in [2.05, 4.69) is 17.4 Å². The Bertz CT molecular complexity index is 1330. The Morgan fingerprint density at radius 1 is 0.703 bits per heavy atom. The van der Waals surface area contributed by atoms with Crippen molar-refractivity contribution in [2.24, 2.45) is 0 Å². The van der Waals surface area contributed by atoms with E-state index < -0.39 is 5.97 Å². The lowest BCUT2D eigenvalue weighted by Gasteiger charge is -2.14. The van der Waals surface area contributed by atoms with Crippen LogP contribution in [-0.2, 0) is 11.3 Å². The summed E-state index contributed by atoms with van der Waals surface area (Å²) in [5.41, 5.74) is 4.48. The molecule has 0 spiro atoms. The lowest BCUT2D eigenvalue weighted by Crippen LogP contribution is -2.13. The number of hydrogen-bond acceptors (Lipinski definition) is 5. The molecule has 1 N–H and O–H groups in total. The molecule has 0 saturated carbocycles. The SMILES string of the molecule is CCOC(=O)c1ccc(NC(=O)c2ccc(OCC)c(COc3ccc(-c4ccccc4)cc3)c2)cc1. The number of carbonyl (C=O) groups excluding carboxylic acids is 2. The minimum absolute atomic E-state index is 0.245. The van der Waals surface area contributed by atoms with E-state index in [1.54, 1.807) is 49.4 Å². The maximum Gasteiger partial charge on any atom is 0.338 e. The van der Waals surface area contributed by atoms with Crippen molar-refractivity contribution in [3.63, 3.8) is 0 Å².